The molecule has 0 radical (unpaired) electrons. The van der Waals surface area contributed by atoms with Gasteiger partial charge >= 0.3 is 5.97 Å². The molecule has 6 heteroatoms. The van der Waals surface area contributed by atoms with Gasteiger partial charge in [-0.25, -0.2) is 4.79 Å². The third-order valence-electron chi connectivity index (χ3n) is 7.02. The molecular formula is C27H29NO4S. The lowest BCUT2D eigenvalue weighted by Crippen LogP contribution is -2.36. The van der Waals surface area contributed by atoms with Gasteiger partial charge in [0.05, 0.1) is 18.6 Å². The van der Waals surface area contributed by atoms with Gasteiger partial charge in [0.15, 0.2) is 5.78 Å². The van der Waals surface area contributed by atoms with E-state index in [1.807, 2.05) is 42.6 Å². The highest BCUT2D eigenvalue weighted by Crippen LogP contribution is 2.47. The highest BCUT2D eigenvalue weighted by molar-refractivity contribution is 7.10. The molecule has 5 rings (SSSR count). The van der Waals surface area contributed by atoms with Crippen molar-refractivity contribution in [1.82, 2.24) is 5.32 Å². The molecule has 0 bridgehead atoms. The lowest BCUT2D eigenvalue weighted by atomic mass is 9.73. The number of dihydropyridines is 1. The zero-order valence-electron chi connectivity index (χ0n) is 19.1. The first kappa shape index (κ1) is 22.0. The number of carbonyl (C=O) groups is 2. The summed E-state index contributed by atoms with van der Waals surface area (Å²) in [5.41, 5.74) is 4.11. The third-order valence-corrected chi connectivity index (χ3v) is 7.95. The zero-order chi connectivity index (χ0) is 22.9. The Balaban J connectivity index is 1.50. The monoisotopic (exact) mass is 463 g/mol. The van der Waals surface area contributed by atoms with Crippen molar-refractivity contribution in [2.24, 2.45) is 0 Å². The fraction of sp³-hybridized carbons (Fsp3) is 0.407. The smallest absolute Gasteiger partial charge is 0.337 e. The van der Waals surface area contributed by atoms with Crippen LogP contribution in [-0.2, 0) is 14.3 Å². The molecule has 2 aliphatic carbocycles. The van der Waals surface area contributed by atoms with Crippen LogP contribution in [0.5, 0.6) is 5.75 Å². The fourth-order valence-electron chi connectivity index (χ4n) is 5.40. The van der Waals surface area contributed by atoms with E-state index in [4.69, 9.17) is 9.47 Å². The Hall–Kier alpha value is -2.86. The summed E-state index contributed by atoms with van der Waals surface area (Å²) in [6.45, 7) is 1.93. The van der Waals surface area contributed by atoms with Crippen molar-refractivity contribution < 1.29 is 19.1 Å². The van der Waals surface area contributed by atoms with E-state index in [0.717, 1.165) is 65.3 Å². The molecule has 1 aromatic heterocycles. The van der Waals surface area contributed by atoms with Gasteiger partial charge in [-0.05, 0) is 74.1 Å². The van der Waals surface area contributed by atoms with E-state index in [1.54, 1.807) is 18.4 Å². The summed E-state index contributed by atoms with van der Waals surface area (Å²) >= 11 is 1.58. The minimum absolute atomic E-state index is 0.0170. The van der Waals surface area contributed by atoms with Gasteiger partial charge in [-0.3, -0.25) is 4.79 Å². The van der Waals surface area contributed by atoms with Crippen LogP contribution in [0.4, 0.5) is 0 Å². The van der Waals surface area contributed by atoms with Gasteiger partial charge in [-0.15, -0.1) is 11.3 Å². The largest absolute Gasteiger partial charge is 0.497 e. The lowest BCUT2D eigenvalue weighted by molar-refractivity contribution is -0.144. The minimum atomic E-state index is -0.367. The molecule has 2 heterocycles. The number of rotatable bonds is 5. The molecule has 1 aliphatic heterocycles. The first-order valence-corrected chi connectivity index (χ1v) is 12.6. The Labute approximate surface area is 198 Å². The topological polar surface area (TPSA) is 64.6 Å². The number of nitrogens with one attached hydrogen (secondary N) is 1. The summed E-state index contributed by atoms with van der Waals surface area (Å²) in [6, 6.07) is 11.9. The predicted molar refractivity (Wildman–Crippen MR) is 128 cm³/mol. The van der Waals surface area contributed by atoms with E-state index < -0.39 is 0 Å². The first-order valence-electron chi connectivity index (χ1n) is 11.7. The van der Waals surface area contributed by atoms with Crippen molar-refractivity contribution in [2.45, 2.75) is 63.4 Å². The van der Waals surface area contributed by atoms with E-state index in [1.165, 1.54) is 0 Å². The van der Waals surface area contributed by atoms with Gasteiger partial charge in [-0.1, -0.05) is 18.2 Å². The molecule has 2 atom stereocenters. The number of hydrogen-bond donors (Lipinski definition) is 1. The summed E-state index contributed by atoms with van der Waals surface area (Å²) in [5, 5.41) is 5.44. The summed E-state index contributed by atoms with van der Waals surface area (Å²) in [7, 11) is 1.65. The third kappa shape index (κ3) is 4.24. The van der Waals surface area contributed by atoms with Crippen LogP contribution < -0.4 is 10.1 Å². The second-order valence-corrected chi connectivity index (χ2v) is 10.1. The molecule has 0 amide bonds. The average Bonchev–Trinajstić information content (AvgIpc) is 3.52. The van der Waals surface area contributed by atoms with Gasteiger partial charge < -0.3 is 14.8 Å². The maximum atomic E-state index is 13.6. The molecule has 3 aliphatic rings. The van der Waals surface area contributed by atoms with Crippen molar-refractivity contribution in [3.05, 3.63) is 74.8 Å². The van der Waals surface area contributed by atoms with Gasteiger partial charge in [0.1, 0.15) is 11.9 Å². The molecule has 172 valence electrons. The highest BCUT2D eigenvalue weighted by Gasteiger charge is 2.42. The van der Waals surface area contributed by atoms with E-state index in [9.17, 15) is 9.59 Å². The molecule has 2 aromatic rings. The number of allylic oxidation sites excluding steroid dienone is 3. The Morgan fingerprint density at radius 2 is 1.94 bits per heavy atom. The van der Waals surface area contributed by atoms with Crippen LogP contribution in [0.3, 0.4) is 0 Å². The van der Waals surface area contributed by atoms with E-state index in [2.05, 4.69) is 11.4 Å². The van der Waals surface area contributed by atoms with Crippen LogP contribution in [0.1, 0.15) is 67.7 Å². The quantitative estimate of drug-likeness (QED) is 0.585. The van der Waals surface area contributed by atoms with Gasteiger partial charge in [0.2, 0.25) is 0 Å². The molecule has 0 saturated heterocycles. The number of hydrogen-bond acceptors (Lipinski definition) is 6. The normalized spacial score (nSPS) is 23.4. The van der Waals surface area contributed by atoms with Crippen LogP contribution in [0.15, 0.2) is 64.3 Å². The molecule has 1 saturated carbocycles. The molecule has 1 N–H and O–H groups in total. The van der Waals surface area contributed by atoms with Crippen molar-refractivity contribution in [1.29, 1.82) is 0 Å². The van der Waals surface area contributed by atoms with Crippen LogP contribution in [0.25, 0.3) is 0 Å². The Kier molecular flexibility index (Phi) is 6.11. The molecule has 5 nitrogen and oxygen atoms in total. The van der Waals surface area contributed by atoms with Gasteiger partial charge in [0.25, 0.3) is 0 Å². The number of methoxy groups -OCH3 is 1. The number of ketones is 1. The van der Waals surface area contributed by atoms with E-state index >= 15 is 0 Å². The molecule has 33 heavy (non-hydrogen) atoms. The van der Waals surface area contributed by atoms with Crippen molar-refractivity contribution in [3.63, 3.8) is 0 Å². The van der Waals surface area contributed by atoms with Crippen LogP contribution in [0, 0.1) is 0 Å². The summed E-state index contributed by atoms with van der Waals surface area (Å²) in [5.74, 6) is 0.297. The number of benzene rings is 1. The fourth-order valence-corrected chi connectivity index (χ4v) is 6.25. The summed E-state index contributed by atoms with van der Waals surface area (Å²) < 4.78 is 11.3. The second-order valence-electron chi connectivity index (χ2n) is 9.12. The SMILES string of the molecule is COc1cccc([C@@H]2CC(=O)C3=C(C2)NC(C)=C(C(=O)OC2CCCC2)[C@@H]3c2cccs2)c1. The number of carbonyl (C=O) groups excluding carboxylic acids is 2. The Morgan fingerprint density at radius 3 is 2.67 bits per heavy atom. The minimum Gasteiger partial charge on any atom is -0.497 e. The zero-order valence-corrected chi connectivity index (χ0v) is 19.9. The Morgan fingerprint density at radius 1 is 1.12 bits per heavy atom. The molecular weight excluding hydrogens is 434 g/mol. The molecule has 0 unspecified atom stereocenters. The molecule has 1 fully saturated rings. The lowest BCUT2D eigenvalue weighted by Gasteiger charge is -2.36. The van der Waals surface area contributed by atoms with Gasteiger partial charge in [0, 0.05) is 28.3 Å². The number of ether oxygens (including phenoxy) is 2. The van der Waals surface area contributed by atoms with Crippen molar-refractivity contribution in [3.8, 4) is 5.75 Å². The summed E-state index contributed by atoms with van der Waals surface area (Å²) in [6.07, 6.45) is 5.16. The Bertz CT molecular complexity index is 1120. The van der Waals surface area contributed by atoms with E-state index in [-0.39, 0.29) is 29.7 Å². The summed E-state index contributed by atoms with van der Waals surface area (Å²) in [4.78, 5) is 27.9. The van der Waals surface area contributed by atoms with E-state index in [0.29, 0.717) is 12.0 Å². The standard InChI is InChI=1S/C27H29NO4S/c1-16-24(27(30)32-19-8-3-4-9-19)26(23-11-6-12-33-23)25-21(28-16)14-18(15-22(25)29)17-7-5-10-20(13-17)31-2/h5-7,10-13,18-19,26,28H,3-4,8-9,14-15H2,1-2H3/t18-,26-/m0/s1. The molecule has 1 aromatic carbocycles. The number of esters is 1. The van der Waals surface area contributed by atoms with Crippen molar-refractivity contribution in [2.75, 3.05) is 7.11 Å². The van der Waals surface area contributed by atoms with Crippen LogP contribution >= 0.6 is 11.3 Å². The highest BCUT2D eigenvalue weighted by atomic mass is 32.1. The van der Waals surface area contributed by atoms with Crippen LogP contribution in [0.2, 0.25) is 0 Å². The van der Waals surface area contributed by atoms with Crippen LogP contribution in [-0.4, -0.2) is 25.0 Å². The van der Waals surface area contributed by atoms with Crippen molar-refractivity contribution >= 4 is 23.1 Å². The number of Topliss-reactive ketones (excluding diaryl/α,β-unsaturated/α-hetero) is 1. The second kappa shape index (κ2) is 9.18. The number of thiophene rings is 1. The first-order chi connectivity index (χ1) is 16.0. The average molecular weight is 464 g/mol. The predicted octanol–water partition coefficient (Wildman–Crippen LogP) is 5.60. The molecule has 0 spiro atoms. The maximum Gasteiger partial charge on any atom is 0.337 e. The van der Waals surface area contributed by atoms with Gasteiger partial charge in [-0.2, -0.15) is 0 Å². The maximum absolute atomic E-state index is 13.6.